The molecule has 2 aromatic heterocycles. The number of aromatic nitrogens is 3. The second-order valence-corrected chi connectivity index (χ2v) is 9.43. The minimum absolute atomic E-state index is 0.0343. The van der Waals surface area contributed by atoms with Gasteiger partial charge >= 0.3 is 6.18 Å². The van der Waals surface area contributed by atoms with Crippen molar-refractivity contribution in [2.45, 2.75) is 19.2 Å². The fourth-order valence-corrected chi connectivity index (χ4v) is 4.14. The van der Waals surface area contributed by atoms with E-state index in [0.717, 1.165) is 17.6 Å². The Morgan fingerprint density at radius 1 is 1.30 bits per heavy atom. The number of nitriles is 1. The highest BCUT2D eigenvalue weighted by molar-refractivity contribution is 8.00. The Morgan fingerprint density at radius 2 is 2.05 bits per heavy atom. The summed E-state index contributed by atoms with van der Waals surface area (Å²) >= 11 is 7.96. The van der Waals surface area contributed by atoms with Gasteiger partial charge in [0, 0.05) is 23.8 Å². The average molecular weight is 551 g/mol. The SMILES string of the molecule is Cc1cc(C#N)cc(C(=O)NCC(F)(F)F)c1NC(=O)c1cc(OC2CSC2)nn1-c1ncccc1Cl. The van der Waals surface area contributed by atoms with Crippen molar-refractivity contribution in [3.8, 4) is 17.8 Å². The Morgan fingerprint density at radius 3 is 2.68 bits per heavy atom. The van der Waals surface area contributed by atoms with E-state index < -0.39 is 24.5 Å². The number of amides is 2. The van der Waals surface area contributed by atoms with Crippen LogP contribution in [-0.2, 0) is 0 Å². The van der Waals surface area contributed by atoms with Gasteiger partial charge in [-0.1, -0.05) is 11.6 Å². The van der Waals surface area contributed by atoms with E-state index in [1.165, 1.54) is 29.9 Å². The first kappa shape index (κ1) is 26.3. The lowest BCUT2D eigenvalue weighted by atomic mass is 10.0. The van der Waals surface area contributed by atoms with Gasteiger partial charge in [-0.15, -0.1) is 5.10 Å². The molecule has 3 heterocycles. The average Bonchev–Trinajstić information content (AvgIpc) is 3.24. The minimum Gasteiger partial charge on any atom is -0.472 e. The van der Waals surface area contributed by atoms with E-state index >= 15 is 0 Å². The third-order valence-corrected chi connectivity index (χ3v) is 6.66. The normalized spacial score (nSPS) is 13.4. The van der Waals surface area contributed by atoms with E-state index in [1.807, 2.05) is 6.07 Å². The molecule has 2 amide bonds. The van der Waals surface area contributed by atoms with Crippen molar-refractivity contribution in [1.82, 2.24) is 20.1 Å². The molecule has 0 bridgehead atoms. The predicted molar refractivity (Wildman–Crippen MR) is 130 cm³/mol. The molecule has 1 aromatic carbocycles. The number of nitrogens with one attached hydrogen (secondary N) is 2. The maximum Gasteiger partial charge on any atom is 0.405 e. The molecule has 0 unspecified atom stereocenters. The maximum atomic E-state index is 13.4. The molecule has 1 aliphatic heterocycles. The molecule has 37 heavy (non-hydrogen) atoms. The van der Waals surface area contributed by atoms with Crippen molar-refractivity contribution in [3.63, 3.8) is 0 Å². The number of carbonyl (C=O) groups is 2. The summed E-state index contributed by atoms with van der Waals surface area (Å²) in [4.78, 5) is 30.2. The van der Waals surface area contributed by atoms with Crippen molar-refractivity contribution in [1.29, 1.82) is 5.26 Å². The van der Waals surface area contributed by atoms with Crippen LogP contribution in [0.2, 0.25) is 5.02 Å². The van der Waals surface area contributed by atoms with Crippen LogP contribution in [0, 0.1) is 18.3 Å². The molecule has 14 heteroatoms. The molecule has 0 saturated carbocycles. The first-order chi connectivity index (χ1) is 17.6. The number of ether oxygens (including phenoxy) is 1. The highest BCUT2D eigenvalue weighted by Crippen LogP contribution is 2.28. The van der Waals surface area contributed by atoms with Gasteiger partial charge in [-0.05, 0) is 36.8 Å². The lowest BCUT2D eigenvalue weighted by molar-refractivity contribution is -0.123. The molecular weight excluding hydrogens is 533 g/mol. The van der Waals surface area contributed by atoms with Crippen molar-refractivity contribution in [2.75, 3.05) is 23.4 Å². The Bertz CT molecular complexity index is 1400. The van der Waals surface area contributed by atoms with Crippen LogP contribution in [0.4, 0.5) is 18.9 Å². The molecule has 1 aliphatic rings. The summed E-state index contributed by atoms with van der Waals surface area (Å²) in [5, 5.41) is 18.1. The van der Waals surface area contributed by atoms with Crippen molar-refractivity contribution >= 4 is 40.9 Å². The zero-order chi connectivity index (χ0) is 26.7. The zero-order valence-electron chi connectivity index (χ0n) is 19.1. The predicted octanol–water partition coefficient (Wildman–Crippen LogP) is 4.14. The van der Waals surface area contributed by atoms with Gasteiger partial charge < -0.3 is 15.4 Å². The first-order valence-electron chi connectivity index (χ1n) is 10.7. The number of rotatable bonds is 7. The number of hydrogen-bond donors (Lipinski definition) is 2. The number of thioether (sulfide) groups is 1. The van der Waals surface area contributed by atoms with Gasteiger partial charge in [0.15, 0.2) is 5.82 Å². The highest BCUT2D eigenvalue weighted by Gasteiger charge is 2.30. The van der Waals surface area contributed by atoms with Crippen LogP contribution in [0.3, 0.4) is 0 Å². The molecule has 4 rings (SSSR count). The number of benzene rings is 1. The molecule has 0 radical (unpaired) electrons. The largest absolute Gasteiger partial charge is 0.472 e. The van der Waals surface area contributed by atoms with Gasteiger partial charge in [-0.2, -0.15) is 30.2 Å². The summed E-state index contributed by atoms with van der Waals surface area (Å²) in [6.07, 6.45) is -3.26. The molecule has 0 spiro atoms. The summed E-state index contributed by atoms with van der Waals surface area (Å²) < 4.78 is 45.0. The number of nitrogens with zero attached hydrogens (tertiary/aromatic N) is 4. The van der Waals surface area contributed by atoms with E-state index in [-0.39, 0.29) is 50.9 Å². The van der Waals surface area contributed by atoms with Crippen LogP contribution >= 0.6 is 23.4 Å². The minimum atomic E-state index is -4.65. The second-order valence-electron chi connectivity index (χ2n) is 7.95. The smallest absolute Gasteiger partial charge is 0.405 e. The number of alkyl halides is 3. The number of aryl methyl sites for hydroxylation is 1. The number of anilines is 1. The quantitative estimate of drug-likeness (QED) is 0.453. The van der Waals surface area contributed by atoms with Gasteiger partial charge in [0.1, 0.15) is 18.3 Å². The van der Waals surface area contributed by atoms with Gasteiger partial charge in [0.2, 0.25) is 5.88 Å². The lowest BCUT2D eigenvalue weighted by Gasteiger charge is -2.24. The Labute approximate surface area is 218 Å². The number of hydrogen-bond acceptors (Lipinski definition) is 7. The molecule has 0 aliphatic carbocycles. The Kier molecular flexibility index (Phi) is 7.60. The molecule has 9 nitrogen and oxygen atoms in total. The van der Waals surface area contributed by atoms with Gasteiger partial charge in [0.05, 0.1) is 27.9 Å². The van der Waals surface area contributed by atoms with Gasteiger partial charge in [0.25, 0.3) is 11.8 Å². The third kappa shape index (κ3) is 6.15. The Hall–Kier alpha value is -3.76. The monoisotopic (exact) mass is 550 g/mol. The number of halogens is 4. The molecule has 192 valence electrons. The van der Waals surface area contributed by atoms with Crippen LogP contribution in [0.25, 0.3) is 5.82 Å². The molecule has 1 saturated heterocycles. The molecular formula is C23H18ClF3N6O3S. The van der Waals surface area contributed by atoms with E-state index in [2.05, 4.69) is 15.4 Å². The summed E-state index contributed by atoms with van der Waals surface area (Å²) in [5.41, 5.74) is -0.102. The van der Waals surface area contributed by atoms with E-state index in [1.54, 1.807) is 29.2 Å². The first-order valence-corrected chi connectivity index (χ1v) is 12.3. The van der Waals surface area contributed by atoms with Crippen LogP contribution in [0.5, 0.6) is 5.88 Å². The van der Waals surface area contributed by atoms with Crippen LogP contribution in [0.1, 0.15) is 32.0 Å². The van der Waals surface area contributed by atoms with Gasteiger partial charge in [-0.25, -0.2) is 9.67 Å². The summed E-state index contributed by atoms with van der Waals surface area (Å²) in [7, 11) is 0. The third-order valence-electron chi connectivity index (χ3n) is 5.15. The molecule has 2 N–H and O–H groups in total. The van der Waals surface area contributed by atoms with E-state index in [9.17, 15) is 28.0 Å². The van der Waals surface area contributed by atoms with Crippen molar-refractivity contribution in [2.24, 2.45) is 0 Å². The van der Waals surface area contributed by atoms with Crippen LogP contribution in [0.15, 0.2) is 36.5 Å². The fraction of sp³-hybridized carbons (Fsp3) is 0.261. The number of carbonyl (C=O) groups excluding carboxylic acids is 2. The zero-order valence-corrected chi connectivity index (χ0v) is 20.7. The number of pyridine rings is 1. The summed E-state index contributed by atoms with van der Waals surface area (Å²) in [5.74, 6) is -0.0480. The molecule has 3 aromatic rings. The fourth-order valence-electron chi connectivity index (χ4n) is 3.38. The lowest BCUT2D eigenvalue weighted by Crippen LogP contribution is -2.34. The summed E-state index contributed by atoms with van der Waals surface area (Å²) in [6.45, 7) is -0.0765. The maximum absolute atomic E-state index is 13.4. The molecule has 1 fully saturated rings. The van der Waals surface area contributed by atoms with E-state index in [0.29, 0.717) is 0 Å². The van der Waals surface area contributed by atoms with Crippen LogP contribution < -0.4 is 15.4 Å². The van der Waals surface area contributed by atoms with Crippen molar-refractivity contribution in [3.05, 3.63) is 63.9 Å². The highest BCUT2D eigenvalue weighted by atomic mass is 35.5. The summed E-state index contributed by atoms with van der Waals surface area (Å²) in [6, 6.07) is 8.88. The van der Waals surface area contributed by atoms with Gasteiger partial charge in [-0.3, -0.25) is 9.59 Å². The second kappa shape index (κ2) is 10.7. The van der Waals surface area contributed by atoms with Crippen LogP contribution in [-0.4, -0.2) is 56.9 Å². The topological polar surface area (TPSA) is 122 Å². The Balaban J connectivity index is 1.71. The standard InChI is InChI=1S/C23H18ClF3N6O3S/c1-12-5-13(8-28)6-15(21(34)30-11-23(25,26)27)19(12)31-22(35)17-7-18(36-14-9-37-10-14)32-33(17)20-16(24)3-2-4-29-20/h2-7,14H,9-11H2,1H3,(H,30,34)(H,31,35). The van der Waals surface area contributed by atoms with Crippen molar-refractivity contribution < 1.29 is 27.5 Å². The van der Waals surface area contributed by atoms with E-state index in [4.69, 9.17) is 16.3 Å². The molecule has 0 atom stereocenters.